The number of carbonyl (C=O) groups excluding carboxylic acids is 1. The van der Waals surface area contributed by atoms with E-state index in [1.165, 1.54) is 0 Å². The van der Waals surface area contributed by atoms with Crippen LogP contribution in [0.3, 0.4) is 0 Å². The highest BCUT2D eigenvalue weighted by Gasteiger charge is 2.43. The van der Waals surface area contributed by atoms with Gasteiger partial charge in [0.25, 0.3) is 6.45 Å². The maximum atomic E-state index is 10.2. The molecule has 8 nitrogen and oxygen atoms in total. The van der Waals surface area contributed by atoms with Crippen molar-refractivity contribution >= 4 is 6.45 Å². The molecular formula is C9H16O8. The first-order chi connectivity index (χ1) is 8.47. The molecule has 1 unspecified atom stereocenters. The molecule has 0 spiro atoms. The second-order valence-electron chi connectivity index (χ2n) is 3.50. The SMILES string of the molecule is [2H]C(=O)OCCO[C@H]1O[C@H](CO)C(O)[C@H](O)[C@H]1O. The van der Waals surface area contributed by atoms with Crippen LogP contribution >= 0.6 is 0 Å². The van der Waals surface area contributed by atoms with Gasteiger partial charge in [0, 0.05) is 0 Å². The van der Waals surface area contributed by atoms with E-state index < -0.39 is 43.8 Å². The number of hydrogen-bond donors (Lipinski definition) is 4. The van der Waals surface area contributed by atoms with E-state index in [-0.39, 0.29) is 13.2 Å². The van der Waals surface area contributed by atoms with Crippen LogP contribution in [0.15, 0.2) is 0 Å². The highest BCUT2D eigenvalue weighted by atomic mass is 16.7. The third kappa shape index (κ3) is 3.60. The average molecular weight is 253 g/mol. The van der Waals surface area contributed by atoms with Crippen LogP contribution in [0.1, 0.15) is 1.37 Å². The molecular weight excluding hydrogens is 236 g/mol. The van der Waals surface area contributed by atoms with Crippen molar-refractivity contribution in [3.05, 3.63) is 0 Å². The van der Waals surface area contributed by atoms with Gasteiger partial charge in [-0.15, -0.1) is 0 Å². The first-order valence-electron chi connectivity index (χ1n) is 5.53. The van der Waals surface area contributed by atoms with E-state index in [2.05, 4.69) is 4.74 Å². The zero-order chi connectivity index (χ0) is 13.7. The molecule has 17 heavy (non-hydrogen) atoms. The van der Waals surface area contributed by atoms with Gasteiger partial charge in [0.1, 0.15) is 31.0 Å². The van der Waals surface area contributed by atoms with Gasteiger partial charge in [-0.3, -0.25) is 4.79 Å². The number of hydrogen-bond acceptors (Lipinski definition) is 8. The molecule has 1 saturated heterocycles. The Kier molecular flexibility index (Phi) is 5.10. The van der Waals surface area contributed by atoms with Crippen molar-refractivity contribution in [1.82, 2.24) is 0 Å². The quantitative estimate of drug-likeness (QED) is 0.301. The summed E-state index contributed by atoms with van der Waals surface area (Å²) in [6.07, 6.45) is -7.98. The first kappa shape index (κ1) is 12.7. The summed E-state index contributed by atoms with van der Waals surface area (Å²) in [6.45, 7) is -0.919. The highest BCUT2D eigenvalue weighted by molar-refractivity contribution is 5.36. The second-order valence-corrected chi connectivity index (χ2v) is 3.50. The highest BCUT2D eigenvalue weighted by Crippen LogP contribution is 2.21. The lowest BCUT2D eigenvalue weighted by molar-refractivity contribution is -0.302. The Labute approximate surface area is 98.7 Å². The minimum Gasteiger partial charge on any atom is -0.465 e. The predicted molar refractivity (Wildman–Crippen MR) is 51.7 cm³/mol. The van der Waals surface area contributed by atoms with Gasteiger partial charge in [-0.1, -0.05) is 0 Å². The van der Waals surface area contributed by atoms with E-state index in [9.17, 15) is 20.1 Å². The molecule has 1 aliphatic heterocycles. The van der Waals surface area contributed by atoms with Gasteiger partial charge < -0.3 is 34.6 Å². The Morgan fingerprint density at radius 1 is 1.24 bits per heavy atom. The molecule has 1 heterocycles. The van der Waals surface area contributed by atoms with Crippen LogP contribution in [0.25, 0.3) is 0 Å². The average Bonchev–Trinajstić information content (AvgIpc) is 2.34. The van der Waals surface area contributed by atoms with Gasteiger partial charge in [0.05, 0.1) is 13.2 Å². The van der Waals surface area contributed by atoms with Gasteiger partial charge in [-0.25, -0.2) is 0 Å². The smallest absolute Gasteiger partial charge is 0.293 e. The van der Waals surface area contributed by atoms with Crippen molar-refractivity contribution in [3.8, 4) is 0 Å². The normalized spacial score (nSPS) is 38.6. The van der Waals surface area contributed by atoms with Crippen LogP contribution in [-0.2, 0) is 19.0 Å². The molecule has 100 valence electrons. The molecule has 8 heteroatoms. The van der Waals surface area contributed by atoms with Gasteiger partial charge in [0.15, 0.2) is 7.66 Å². The summed E-state index contributed by atoms with van der Waals surface area (Å²) in [4.78, 5) is 10.2. The molecule has 5 atom stereocenters. The fourth-order valence-electron chi connectivity index (χ4n) is 1.45. The molecule has 1 fully saturated rings. The summed E-state index contributed by atoms with van der Waals surface area (Å²) in [6, 6.07) is 0. The van der Waals surface area contributed by atoms with E-state index >= 15 is 0 Å². The fraction of sp³-hybridized carbons (Fsp3) is 0.889. The zero-order valence-electron chi connectivity index (χ0n) is 9.93. The third-order valence-corrected chi connectivity index (χ3v) is 2.37. The number of rotatable bonds is 5. The predicted octanol–water partition coefficient (Wildman–Crippen LogP) is -3.02. The van der Waals surface area contributed by atoms with Crippen LogP contribution in [0.4, 0.5) is 0 Å². The van der Waals surface area contributed by atoms with Gasteiger partial charge in [-0.05, 0) is 0 Å². The molecule has 1 aliphatic rings. The topological polar surface area (TPSA) is 126 Å². The summed E-state index contributed by atoms with van der Waals surface area (Å²) in [5.74, 6) is 0. The molecule has 0 saturated carbocycles. The van der Waals surface area contributed by atoms with Crippen molar-refractivity contribution in [3.63, 3.8) is 0 Å². The van der Waals surface area contributed by atoms with Gasteiger partial charge in [0.2, 0.25) is 0 Å². The van der Waals surface area contributed by atoms with Crippen molar-refractivity contribution in [1.29, 1.82) is 0 Å². The zero-order valence-corrected chi connectivity index (χ0v) is 8.93. The summed E-state index contributed by atoms with van der Waals surface area (Å²) in [5, 5.41) is 37.3. The molecule has 1 rings (SSSR count). The van der Waals surface area contributed by atoms with Crippen molar-refractivity contribution in [2.45, 2.75) is 30.7 Å². The molecule has 0 aromatic rings. The molecule has 0 amide bonds. The molecule has 0 aromatic heterocycles. The molecule has 0 radical (unpaired) electrons. The van der Waals surface area contributed by atoms with E-state index in [0.717, 1.165) is 0 Å². The van der Waals surface area contributed by atoms with Crippen molar-refractivity contribution < 1.29 is 40.8 Å². The van der Waals surface area contributed by atoms with Crippen LogP contribution in [0.5, 0.6) is 0 Å². The first-order valence-corrected chi connectivity index (χ1v) is 5.03. The van der Waals surface area contributed by atoms with Gasteiger partial charge >= 0.3 is 0 Å². The van der Waals surface area contributed by atoms with Crippen LogP contribution in [0.2, 0.25) is 0 Å². The minimum atomic E-state index is -1.51. The number of aliphatic hydroxyl groups is 4. The second kappa shape index (κ2) is 6.84. The van der Waals surface area contributed by atoms with Crippen LogP contribution in [0, 0.1) is 0 Å². The Hall–Kier alpha value is -0.770. The lowest BCUT2D eigenvalue weighted by Gasteiger charge is -2.39. The number of ether oxygens (including phenoxy) is 3. The fourth-order valence-corrected chi connectivity index (χ4v) is 1.45. The Morgan fingerprint density at radius 3 is 2.53 bits per heavy atom. The monoisotopic (exact) mass is 253 g/mol. The van der Waals surface area contributed by atoms with Crippen LogP contribution in [-0.4, -0.2) is 77.4 Å². The van der Waals surface area contributed by atoms with E-state index in [4.69, 9.17) is 16.0 Å². The molecule has 4 N–H and O–H groups in total. The number of aliphatic hydroxyl groups excluding tert-OH is 4. The van der Waals surface area contributed by atoms with E-state index in [1.54, 1.807) is 0 Å². The summed E-state index contributed by atoms with van der Waals surface area (Å²) >= 11 is 0. The summed E-state index contributed by atoms with van der Waals surface area (Å²) < 4.78 is 20.7. The number of carbonyl (C=O) groups is 1. The lowest BCUT2D eigenvalue weighted by Crippen LogP contribution is -2.59. The third-order valence-electron chi connectivity index (χ3n) is 2.37. The molecule has 0 bridgehead atoms. The summed E-state index contributed by atoms with van der Waals surface area (Å²) in [5.41, 5.74) is 0. The lowest BCUT2D eigenvalue weighted by atomic mass is 9.99. The Bertz CT molecular complexity index is 273. The van der Waals surface area contributed by atoms with E-state index in [0.29, 0.717) is 0 Å². The largest absolute Gasteiger partial charge is 0.465 e. The molecule has 0 aromatic carbocycles. The Morgan fingerprint density at radius 2 is 1.94 bits per heavy atom. The van der Waals surface area contributed by atoms with Crippen molar-refractivity contribution in [2.24, 2.45) is 0 Å². The minimum absolute atomic E-state index is 0.159. The molecule has 0 aliphatic carbocycles. The Balaban J connectivity index is 2.41. The maximum absolute atomic E-state index is 10.2. The van der Waals surface area contributed by atoms with Crippen LogP contribution < -0.4 is 0 Å². The summed E-state index contributed by atoms with van der Waals surface area (Å²) in [7, 11) is 0. The van der Waals surface area contributed by atoms with Gasteiger partial charge in [-0.2, -0.15) is 0 Å². The van der Waals surface area contributed by atoms with Crippen molar-refractivity contribution in [2.75, 3.05) is 19.8 Å². The van der Waals surface area contributed by atoms with E-state index in [1.807, 2.05) is 0 Å². The standard InChI is InChI=1S/C9H16O8/c10-3-5-6(12)7(13)8(14)9(17-5)16-2-1-15-4-11/h4-10,12-14H,1-3H2/t5-,6?,7+,8-,9+/m1/s1/i4D. The maximum Gasteiger partial charge on any atom is 0.293 e.